The molecule has 3 aromatic rings. The Labute approximate surface area is 150 Å². The van der Waals surface area contributed by atoms with Crippen LogP contribution in [0.1, 0.15) is 31.2 Å². The molecule has 0 bridgehead atoms. The first-order valence-corrected chi connectivity index (χ1v) is 8.83. The van der Waals surface area contributed by atoms with Crippen LogP contribution >= 0.6 is 0 Å². The van der Waals surface area contributed by atoms with Gasteiger partial charge in [-0.2, -0.15) is 10.1 Å². The van der Waals surface area contributed by atoms with E-state index >= 15 is 4.39 Å². The van der Waals surface area contributed by atoms with Crippen LogP contribution in [0, 0.1) is 0 Å². The molecule has 0 amide bonds. The molecule has 1 aliphatic rings. The topological polar surface area (TPSA) is 72.9 Å². The highest BCUT2D eigenvalue weighted by Gasteiger charge is 2.42. The van der Waals surface area contributed by atoms with Crippen LogP contribution in [0.4, 0.5) is 4.39 Å². The van der Waals surface area contributed by atoms with E-state index < -0.39 is 5.67 Å². The third-order valence-electron chi connectivity index (χ3n) is 4.67. The molecule has 4 heterocycles. The second-order valence-electron chi connectivity index (χ2n) is 6.65. The molecule has 1 unspecified atom stereocenters. The van der Waals surface area contributed by atoms with Crippen molar-refractivity contribution in [3.8, 4) is 11.4 Å². The number of rotatable bonds is 5. The molecule has 4 rings (SSSR count). The third-order valence-corrected chi connectivity index (χ3v) is 4.67. The Balaban J connectivity index is 1.49. The molecular formula is C18H21FN6O. The normalized spacial score (nSPS) is 21.2. The average molecular weight is 356 g/mol. The van der Waals surface area contributed by atoms with Crippen LogP contribution in [0.5, 0.6) is 0 Å². The van der Waals surface area contributed by atoms with Crippen molar-refractivity contribution in [2.24, 2.45) is 0 Å². The number of nitrogens with zero attached hydrogens (tertiary/aromatic N) is 6. The number of aromatic nitrogens is 5. The predicted octanol–water partition coefficient (Wildman–Crippen LogP) is 2.81. The molecule has 0 aliphatic carbocycles. The fourth-order valence-electron chi connectivity index (χ4n) is 3.34. The van der Waals surface area contributed by atoms with E-state index in [4.69, 9.17) is 4.52 Å². The van der Waals surface area contributed by atoms with E-state index in [1.807, 2.05) is 30.1 Å². The zero-order valence-corrected chi connectivity index (χ0v) is 14.7. The first kappa shape index (κ1) is 16.8. The van der Waals surface area contributed by atoms with Gasteiger partial charge in [0.1, 0.15) is 0 Å². The highest BCUT2D eigenvalue weighted by molar-refractivity contribution is 5.52. The summed E-state index contributed by atoms with van der Waals surface area (Å²) >= 11 is 0. The van der Waals surface area contributed by atoms with E-state index in [0.29, 0.717) is 24.4 Å². The maximum absolute atomic E-state index is 15.6. The summed E-state index contributed by atoms with van der Waals surface area (Å²) in [4.78, 5) is 10.4. The lowest BCUT2D eigenvalue weighted by Gasteiger charge is -2.34. The molecule has 8 heteroatoms. The highest BCUT2D eigenvalue weighted by Crippen LogP contribution is 2.36. The van der Waals surface area contributed by atoms with Gasteiger partial charge in [0, 0.05) is 49.4 Å². The Kier molecular flexibility index (Phi) is 4.50. The molecule has 0 radical (unpaired) electrons. The summed E-state index contributed by atoms with van der Waals surface area (Å²) in [5.74, 6) is 0.414. The molecule has 7 nitrogen and oxygen atoms in total. The van der Waals surface area contributed by atoms with Crippen molar-refractivity contribution < 1.29 is 8.91 Å². The SMILES string of the molecule is CCn1cc(CN2CCCC(F)(c3nc(-c4cccnc4)no3)C2)cn1. The molecule has 1 atom stereocenters. The maximum Gasteiger partial charge on any atom is 0.265 e. The molecule has 0 aromatic carbocycles. The number of aryl methyl sites for hydroxylation is 1. The van der Waals surface area contributed by atoms with Crippen LogP contribution in [0.2, 0.25) is 0 Å². The van der Waals surface area contributed by atoms with E-state index in [1.54, 1.807) is 18.5 Å². The van der Waals surface area contributed by atoms with Gasteiger partial charge >= 0.3 is 0 Å². The van der Waals surface area contributed by atoms with E-state index in [1.165, 1.54) is 0 Å². The smallest absolute Gasteiger partial charge is 0.265 e. The number of hydrogen-bond donors (Lipinski definition) is 0. The second-order valence-corrected chi connectivity index (χ2v) is 6.65. The summed E-state index contributed by atoms with van der Waals surface area (Å²) < 4.78 is 22.7. The van der Waals surface area contributed by atoms with Crippen molar-refractivity contribution >= 4 is 0 Å². The molecule has 0 N–H and O–H groups in total. The van der Waals surface area contributed by atoms with Crippen molar-refractivity contribution in [1.29, 1.82) is 0 Å². The molecule has 26 heavy (non-hydrogen) atoms. The minimum Gasteiger partial charge on any atom is -0.335 e. The number of halogens is 1. The minimum atomic E-state index is -1.63. The molecule has 136 valence electrons. The fraction of sp³-hybridized carbons (Fsp3) is 0.444. The van der Waals surface area contributed by atoms with Crippen LogP contribution in [-0.4, -0.2) is 42.9 Å². The Morgan fingerprint density at radius 2 is 2.27 bits per heavy atom. The average Bonchev–Trinajstić information content (AvgIpc) is 3.32. The Morgan fingerprint density at radius 1 is 1.35 bits per heavy atom. The molecule has 1 saturated heterocycles. The molecule has 1 fully saturated rings. The standard InChI is InChI=1S/C18H21FN6O/c1-2-25-12-14(9-21-25)11-24-8-4-6-18(19,13-24)17-22-16(23-26-17)15-5-3-7-20-10-15/h3,5,7,9-10,12H,2,4,6,8,11,13H2,1H3. The van der Waals surface area contributed by atoms with E-state index in [-0.39, 0.29) is 12.4 Å². The quantitative estimate of drug-likeness (QED) is 0.700. The summed E-state index contributed by atoms with van der Waals surface area (Å²) in [5.41, 5.74) is 0.162. The Morgan fingerprint density at radius 3 is 3.04 bits per heavy atom. The summed E-state index contributed by atoms with van der Waals surface area (Å²) in [6.07, 6.45) is 8.27. The number of hydrogen-bond acceptors (Lipinski definition) is 6. The van der Waals surface area contributed by atoms with Crippen LogP contribution < -0.4 is 0 Å². The Bertz CT molecular complexity index is 863. The minimum absolute atomic E-state index is 0.0466. The van der Waals surface area contributed by atoms with Gasteiger partial charge in [0.05, 0.1) is 6.20 Å². The fourth-order valence-corrected chi connectivity index (χ4v) is 3.34. The lowest BCUT2D eigenvalue weighted by atomic mass is 9.94. The lowest BCUT2D eigenvalue weighted by molar-refractivity contribution is 0.0124. The van der Waals surface area contributed by atoms with Crippen molar-refractivity contribution in [2.45, 2.75) is 38.5 Å². The van der Waals surface area contributed by atoms with E-state index in [2.05, 4.69) is 25.1 Å². The zero-order chi connectivity index (χ0) is 18.0. The largest absolute Gasteiger partial charge is 0.335 e. The molecule has 0 spiro atoms. The summed E-state index contributed by atoms with van der Waals surface area (Å²) in [6.45, 7) is 4.60. The van der Waals surface area contributed by atoms with Gasteiger partial charge in [-0.3, -0.25) is 14.6 Å². The summed E-state index contributed by atoms with van der Waals surface area (Å²) in [6, 6.07) is 3.61. The van der Waals surface area contributed by atoms with E-state index in [0.717, 1.165) is 25.1 Å². The zero-order valence-electron chi connectivity index (χ0n) is 14.7. The van der Waals surface area contributed by atoms with Crippen LogP contribution in [0.15, 0.2) is 41.4 Å². The van der Waals surface area contributed by atoms with Crippen LogP contribution in [-0.2, 0) is 18.8 Å². The van der Waals surface area contributed by atoms with Gasteiger partial charge in [-0.1, -0.05) is 5.16 Å². The molecule has 0 saturated carbocycles. The first-order chi connectivity index (χ1) is 12.7. The maximum atomic E-state index is 15.6. The predicted molar refractivity (Wildman–Crippen MR) is 92.7 cm³/mol. The monoisotopic (exact) mass is 356 g/mol. The molecular weight excluding hydrogens is 335 g/mol. The number of alkyl halides is 1. The Hall–Kier alpha value is -2.61. The molecule has 1 aliphatic heterocycles. The van der Waals surface area contributed by atoms with Gasteiger partial charge in [0.15, 0.2) is 0 Å². The van der Waals surface area contributed by atoms with Gasteiger partial charge in [-0.25, -0.2) is 4.39 Å². The van der Waals surface area contributed by atoms with Crippen molar-refractivity contribution in [2.75, 3.05) is 13.1 Å². The van der Waals surface area contributed by atoms with Gasteiger partial charge in [-0.15, -0.1) is 0 Å². The van der Waals surface area contributed by atoms with Crippen molar-refractivity contribution in [3.05, 3.63) is 48.4 Å². The van der Waals surface area contributed by atoms with Gasteiger partial charge in [0.2, 0.25) is 11.5 Å². The number of pyridine rings is 1. The van der Waals surface area contributed by atoms with Crippen LogP contribution in [0.3, 0.4) is 0 Å². The highest BCUT2D eigenvalue weighted by atomic mass is 19.1. The third kappa shape index (κ3) is 3.37. The van der Waals surface area contributed by atoms with Gasteiger partial charge in [-0.05, 0) is 38.4 Å². The first-order valence-electron chi connectivity index (χ1n) is 8.83. The van der Waals surface area contributed by atoms with E-state index in [9.17, 15) is 0 Å². The van der Waals surface area contributed by atoms with Gasteiger partial charge < -0.3 is 4.52 Å². The van der Waals surface area contributed by atoms with Gasteiger partial charge in [0.25, 0.3) is 5.89 Å². The second kappa shape index (κ2) is 6.95. The summed E-state index contributed by atoms with van der Waals surface area (Å²) in [7, 11) is 0. The van der Waals surface area contributed by atoms with Crippen molar-refractivity contribution in [3.63, 3.8) is 0 Å². The van der Waals surface area contributed by atoms with Crippen molar-refractivity contribution in [1.82, 2.24) is 29.8 Å². The number of likely N-dealkylation sites (tertiary alicyclic amines) is 1. The molecule has 3 aromatic heterocycles. The number of piperidine rings is 1. The van der Waals surface area contributed by atoms with Crippen LogP contribution in [0.25, 0.3) is 11.4 Å². The summed E-state index contributed by atoms with van der Waals surface area (Å²) in [5, 5.41) is 8.21. The lowest BCUT2D eigenvalue weighted by Crippen LogP contribution is -2.43.